The second-order valence-electron chi connectivity index (χ2n) is 3.72. The summed E-state index contributed by atoms with van der Waals surface area (Å²) in [5.74, 6) is 2.71. The number of hydrogen-bond donors (Lipinski definition) is 1. The smallest absolute Gasteiger partial charge is 0.0603 e. The Morgan fingerprint density at radius 2 is 2.06 bits per heavy atom. The molecule has 0 aliphatic rings. The lowest BCUT2D eigenvalue weighted by atomic mass is 10.1. The van der Waals surface area contributed by atoms with Crippen LogP contribution in [0.2, 0.25) is 10.0 Å². The van der Waals surface area contributed by atoms with Crippen molar-refractivity contribution in [2.45, 2.75) is 24.7 Å². The predicted octanol–water partition coefficient (Wildman–Crippen LogP) is 5.43. The van der Waals surface area contributed by atoms with Crippen LogP contribution in [0.4, 0.5) is 0 Å². The summed E-state index contributed by atoms with van der Waals surface area (Å²) < 4.78 is 0. The van der Waals surface area contributed by atoms with Crippen LogP contribution in [0.5, 0.6) is 0 Å². The zero-order chi connectivity index (χ0) is 12.0. The molecular formula is C12H16Cl2S2. The maximum absolute atomic E-state index is 5.96. The molecule has 0 aliphatic carbocycles. The molecule has 0 amide bonds. The van der Waals surface area contributed by atoms with E-state index in [1.54, 1.807) is 0 Å². The summed E-state index contributed by atoms with van der Waals surface area (Å²) in [6, 6.07) is 5.79. The Balaban J connectivity index is 2.50. The predicted molar refractivity (Wildman–Crippen MR) is 79.4 cm³/mol. The minimum Gasteiger partial charge on any atom is -0.179 e. The van der Waals surface area contributed by atoms with Gasteiger partial charge >= 0.3 is 0 Å². The molecule has 0 heterocycles. The molecule has 1 aromatic rings. The second-order valence-corrected chi connectivity index (χ2v) is 6.00. The maximum Gasteiger partial charge on any atom is 0.0603 e. The summed E-state index contributed by atoms with van der Waals surface area (Å²) >= 11 is 18.0. The first-order valence-corrected chi connectivity index (χ1v) is 7.73. The fraction of sp³-hybridized carbons (Fsp3) is 0.500. The van der Waals surface area contributed by atoms with Crippen LogP contribution in [0, 0.1) is 5.92 Å². The summed E-state index contributed by atoms with van der Waals surface area (Å²) in [5, 5.41) is 1.25. The van der Waals surface area contributed by atoms with Gasteiger partial charge in [0.2, 0.25) is 0 Å². The van der Waals surface area contributed by atoms with Crippen LogP contribution in [-0.4, -0.2) is 11.5 Å². The number of halogens is 2. The lowest BCUT2D eigenvalue weighted by Crippen LogP contribution is -2.04. The highest BCUT2D eigenvalue weighted by Crippen LogP contribution is 2.29. The molecule has 1 rings (SSSR count). The summed E-state index contributed by atoms with van der Waals surface area (Å²) in [6.07, 6.45) is 2.45. The fourth-order valence-electron chi connectivity index (χ4n) is 1.42. The van der Waals surface area contributed by atoms with E-state index in [2.05, 4.69) is 19.6 Å². The van der Waals surface area contributed by atoms with E-state index in [1.807, 2.05) is 30.0 Å². The summed E-state index contributed by atoms with van der Waals surface area (Å²) in [6.45, 7) is 2.21. The number of thioether (sulfide) groups is 1. The molecule has 0 nitrogen and oxygen atoms in total. The van der Waals surface area contributed by atoms with Gasteiger partial charge in [0.1, 0.15) is 0 Å². The Kier molecular flexibility index (Phi) is 7.06. The standard InChI is InChI=1S/C12H16Cl2S2/c1-2-3-9(7-15)8-16-10-4-5-11(13)12(14)6-10/h4-6,9,15H,2-3,7-8H2,1H3. The van der Waals surface area contributed by atoms with Gasteiger partial charge in [-0.3, -0.25) is 0 Å². The summed E-state index contributed by atoms with van der Waals surface area (Å²) in [5.41, 5.74) is 0. The van der Waals surface area contributed by atoms with Crippen LogP contribution in [0.3, 0.4) is 0 Å². The molecule has 16 heavy (non-hydrogen) atoms. The molecule has 0 bridgehead atoms. The molecule has 1 atom stereocenters. The van der Waals surface area contributed by atoms with Crippen molar-refractivity contribution in [1.82, 2.24) is 0 Å². The van der Waals surface area contributed by atoms with Crippen molar-refractivity contribution < 1.29 is 0 Å². The average molecular weight is 295 g/mol. The largest absolute Gasteiger partial charge is 0.179 e. The van der Waals surface area contributed by atoms with Crippen LogP contribution in [0.1, 0.15) is 19.8 Å². The Bertz CT molecular complexity index is 329. The Morgan fingerprint density at radius 3 is 2.62 bits per heavy atom. The number of rotatable bonds is 6. The Morgan fingerprint density at radius 1 is 1.31 bits per heavy atom. The van der Waals surface area contributed by atoms with E-state index in [0.717, 1.165) is 11.5 Å². The highest BCUT2D eigenvalue weighted by atomic mass is 35.5. The van der Waals surface area contributed by atoms with Gasteiger partial charge in [0.05, 0.1) is 10.0 Å². The van der Waals surface area contributed by atoms with Gasteiger partial charge in [-0.05, 0) is 36.3 Å². The first-order valence-electron chi connectivity index (χ1n) is 5.36. The SMILES string of the molecule is CCCC(CS)CSc1ccc(Cl)c(Cl)c1. The molecule has 1 aromatic carbocycles. The Hall–Kier alpha value is 0.500. The van der Waals surface area contributed by atoms with Gasteiger partial charge in [-0.25, -0.2) is 0 Å². The number of hydrogen-bond acceptors (Lipinski definition) is 2. The molecule has 0 N–H and O–H groups in total. The van der Waals surface area contributed by atoms with Gasteiger partial charge in [-0.1, -0.05) is 36.5 Å². The van der Waals surface area contributed by atoms with Gasteiger partial charge in [-0.2, -0.15) is 12.6 Å². The van der Waals surface area contributed by atoms with Crippen molar-refractivity contribution in [3.05, 3.63) is 28.2 Å². The summed E-state index contributed by atoms with van der Waals surface area (Å²) in [7, 11) is 0. The van der Waals surface area contributed by atoms with Crippen molar-refractivity contribution in [3.63, 3.8) is 0 Å². The van der Waals surface area contributed by atoms with E-state index in [1.165, 1.54) is 17.7 Å². The van der Waals surface area contributed by atoms with Crippen molar-refractivity contribution in [3.8, 4) is 0 Å². The van der Waals surface area contributed by atoms with Crippen molar-refractivity contribution >= 4 is 47.6 Å². The second kappa shape index (κ2) is 7.75. The average Bonchev–Trinajstić information content (AvgIpc) is 2.28. The monoisotopic (exact) mass is 294 g/mol. The molecule has 0 aromatic heterocycles. The topological polar surface area (TPSA) is 0 Å². The van der Waals surface area contributed by atoms with Gasteiger partial charge in [0.25, 0.3) is 0 Å². The molecule has 0 aliphatic heterocycles. The van der Waals surface area contributed by atoms with E-state index in [9.17, 15) is 0 Å². The van der Waals surface area contributed by atoms with Gasteiger partial charge < -0.3 is 0 Å². The normalized spacial score (nSPS) is 12.8. The number of benzene rings is 1. The maximum atomic E-state index is 5.96. The molecule has 0 spiro atoms. The quantitative estimate of drug-likeness (QED) is 0.539. The van der Waals surface area contributed by atoms with E-state index in [-0.39, 0.29) is 0 Å². The minimum atomic E-state index is 0.616. The molecular weight excluding hydrogens is 279 g/mol. The zero-order valence-corrected chi connectivity index (χ0v) is 12.5. The van der Waals surface area contributed by atoms with E-state index < -0.39 is 0 Å². The Labute approximate surface area is 118 Å². The van der Waals surface area contributed by atoms with Crippen molar-refractivity contribution in [1.29, 1.82) is 0 Å². The molecule has 90 valence electrons. The molecule has 0 fully saturated rings. The lowest BCUT2D eigenvalue weighted by molar-refractivity contribution is 0.595. The number of thiol groups is 1. The highest BCUT2D eigenvalue weighted by molar-refractivity contribution is 7.99. The molecule has 0 saturated carbocycles. The molecule has 0 saturated heterocycles. The van der Waals surface area contributed by atoms with Crippen LogP contribution in [0.15, 0.2) is 23.1 Å². The van der Waals surface area contributed by atoms with Gasteiger partial charge in [0, 0.05) is 10.6 Å². The van der Waals surface area contributed by atoms with Crippen LogP contribution in [-0.2, 0) is 0 Å². The van der Waals surface area contributed by atoms with Crippen LogP contribution in [0.25, 0.3) is 0 Å². The van der Waals surface area contributed by atoms with Crippen molar-refractivity contribution in [2.24, 2.45) is 5.92 Å². The first-order chi connectivity index (χ1) is 7.67. The highest BCUT2D eigenvalue weighted by Gasteiger charge is 2.07. The van der Waals surface area contributed by atoms with E-state index in [4.69, 9.17) is 23.2 Å². The van der Waals surface area contributed by atoms with Crippen LogP contribution >= 0.6 is 47.6 Å². The van der Waals surface area contributed by atoms with Crippen LogP contribution < -0.4 is 0 Å². The minimum absolute atomic E-state index is 0.616. The molecule has 4 heteroatoms. The molecule has 0 radical (unpaired) electrons. The molecule has 1 unspecified atom stereocenters. The van der Waals surface area contributed by atoms with Gasteiger partial charge in [0.15, 0.2) is 0 Å². The third-order valence-electron chi connectivity index (χ3n) is 2.33. The van der Waals surface area contributed by atoms with Gasteiger partial charge in [-0.15, -0.1) is 11.8 Å². The van der Waals surface area contributed by atoms with E-state index in [0.29, 0.717) is 16.0 Å². The first kappa shape index (κ1) is 14.6. The zero-order valence-electron chi connectivity index (χ0n) is 9.25. The van der Waals surface area contributed by atoms with Crippen molar-refractivity contribution in [2.75, 3.05) is 11.5 Å². The summed E-state index contributed by atoms with van der Waals surface area (Å²) in [4.78, 5) is 1.18. The lowest BCUT2D eigenvalue weighted by Gasteiger charge is -2.12. The third-order valence-corrected chi connectivity index (χ3v) is 4.81. The third kappa shape index (κ3) is 4.79. The fourth-order valence-corrected chi connectivity index (χ4v) is 3.34. The van der Waals surface area contributed by atoms with E-state index >= 15 is 0 Å².